The second-order valence-electron chi connectivity index (χ2n) is 4.02. The molecular weight excluding hydrogens is 270 g/mol. The minimum atomic E-state index is -2.81. The summed E-state index contributed by atoms with van der Waals surface area (Å²) in [5.41, 5.74) is 2.36. The fourth-order valence-corrected chi connectivity index (χ4v) is 2.32. The number of aromatic nitrogens is 1. The molecule has 1 heterocycles. The van der Waals surface area contributed by atoms with E-state index in [0.717, 1.165) is 16.4 Å². The topological polar surface area (TPSA) is 34.2 Å². The van der Waals surface area contributed by atoms with Crippen LogP contribution in [0.15, 0.2) is 23.6 Å². The van der Waals surface area contributed by atoms with E-state index in [9.17, 15) is 8.78 Å². The molecule has 6 heteroatoms. The van der Waals surface area contributed by atoms with Gasteiger partial charge in [0.15, 0.2) is 0 Å². The molecule has 0 radical (unpaired) electrons. The third-order valence-corrected chi connectivity index (χ3v) is 3.45. The van der Waals surface area contributed by atoms with E-state index >= 15 is 0 Å². The fraction of sp³-hybridized carbons (Fsp3) is 0.308. The maximum atomic E-state index is 12.2. The van der Waals surface area contributed by atoms with E-state index in [1.54, 1.807) is 24.3 Å². The van der Waals surface area contributed by atoms with Crippen LogP contribution in [0.3, 0.4) is 0 Å². The van der Waals surface area contributed by atoms with Crippen LogP contribution in [-0.4, -0.2) is 11.6 Å². The van der Waals surface area contributed by atoms with Gasteiger partial charge in [-0.3, -0.25) is 0 Å². The van der Waals surface area contributed by atoms with Crippen molar-refractivity contribution in [1.82, 2.24) is 4.98 Å². The first-order valence-electron chi connectivity index (χ1n) is 5.75. The van der Waals surface area contributed by atoms with Crippen LogP contribution >= 0.6 is 11.3 Å². The van der Waals surface area contributed by atoms with Gasteiger partial charge in [0, 0.05) is 16.6 Å². The van der Waals surface area contributed by atoms with Gasteiger partial charge in [-0.05, 0) is 26.0 Å². The van der Waals surface area contributed by atoms with Gasteiger partial charge in [0.05, 0.1) is 17.2 Å². The Labute approximate surface area is 114 Å². The van der Waals surface area contributed by atoms with Crippen LogP contribution in [0.4, 0.5) is 14.5 Å². The van der Waals surface area contributed by atoms with Crippen LogP contribution in [0, 0.1) is 13.8 Å². The van der Waals surface area contributed by atoms with Crippen molar-refractivity contribution in [3.8, 4) is 5.75 Å². The summed E-state index contributed by atoms with van der Waals surface area (Å²) >= 11 is 1.58. The number of benzene rings is 1. The molecule has 0 saturated heterocycles. The summed E-state index contributed by atoms with van der Waals surface area (Å²) in [7, 11) is 0. The summed E-state index contributed by atoms with van der Waals surface area (Å²) in [4.78, 5) is 4.33. The average Bonchev–Trinajstić information content (AvgIpc) is 2.76. The number of ether oxygens (including phenoxy) is 1. The molecule has 2 aromatic rings. The van der Waals surface area contributed by atoms with E-state index in [-0.39, 0.29) is 5.75 Å². The standard InChI is InChI=1S/C13H14F2N2OS/c1-8-11(4-3-5-12(8)18-13(14)15)16-6-10-7-19-9(2)17-10/h3-5,7,13,16H,6H2,1-2H3. The highest BCUT2D eigenvalue weighted by molar-refractivity contribution is 7.09. The van der Waals surface area contributed by atoms with Crippen LogP contribution in [0.1, 0.15) is 16.3 Å². The predicted molar refractivity (Wildman–Crippen MR) is 72.0 cm³/mol. The molecule has 1 N–H and O–H groups in total. The van der Waals surface area contributed by atoms with Crippen molar-refractivity contribution in [2.45, 2.75) is 27.0 Å². The lowest BCUT2D eigenvalue weighted by molar-refractivity contribution is -0.0502. The molecule has 0 amide bonds. The monoisotopic (exact) mass is 284 g/mol. The summed E-state index contributed by atoms with van der Waals surface area (Å²) in [6.45, 7) is 1.43. The highest BCUT2D eigenvalue weighted by Crippen LogP contribution is 2.27. The van der Waals surface area contributed by atoms with Gasteiger partial charge in [-0.15, -0.1) is 11.3 Å². The summed E-state index contributed by atoms with van der Waals surface area (Å²) in [6.07, 6.45) is 0. The Bertz CT molecular complexity index is 557. The van der Waals surface area contributed by atoms with Crippen LogP contribution in [0.2, 0.25) is 0 Å². The van der Waals surface area contributed by atoms with E-state index in [1.165, 1.54) is 6.07 Å². The number of rotatable bonds is 5. The number of alkyl halides is 2. The average molecular weight is 284 g/mol. The SMILES string of the molecule is Cc1nc(CNc2cccc(OC(F)F)c2C)cs1. The third-order valence-electron chi connectivity index (χ3n) is 2.63. The number of aryl methyl sites for hydroxylation is 1. The van der Waals surface area contributed by atoms with Crippen molar-refractivity contribution in [3.05, 3.63) is 39.8 Å². The Morgan fingerprint density at radius 3 is 2.79 bits per heavy atom. The summed E-state index contributed by atoms with van der Waals surface area (Å²) in [5.74, 6) is 0.189. The van der Waals surface area contributed by atoms with Crippen molar-refractivity contribution in [1.29, 1.82) is 0 Å². The molecule has 0 aliphatic rings. The normalized spacial score (nSPS) is 10.8. The summed E-state index contributed by atoms with van der Waals surface area (Å²) in [6, 6.07) is 5.03. The smallest absolute Gasteiger partial charge is 0.387 e. The molecule has 0 spiro atoms. The molecule has 1 aromatic heterocycles. The number of hydrogen-bond acceptors (Lipinski definition) is 4. The van der Waals surface area contributed by atoms with Crippen molar-refractivity contribution in [2.24, 2.45) is 0 Å². The first kappa shape index (κ1) is 13.7. The van der Waals surface area contributed by atoms with Gasteiger partial charge in [-0.2, -0.15) is 8.78 Å². The molecule has 0 fully saturated rings. The zero-order valence-electron chi connectivity index (χ0n) is 10.6. The Kier molecular flexibility index (Phi) is 4.31. The molecule has 0 aliphatic carbocycles. The molecule has 0 atom stereocenters. The van der Waals surface area contributed by atoms with Crippen molar-refractivity contribution in [3.63, 3.8) is 0 Å². The maximum Gasteiger partial charge on any atom is 0.387 e. The molecule has 1 aromatic carbocycles. The molecule has 19 heavy (non-hydrogen) atoms. The van der Waals surface area contributed by atoms with E-state index in [2.05, 4.69) is 15.0 Å². The lowest BCUT2D eigenvalue weighted by Crippen LogP contribution is -2.06. The molecule has 0 unspecified atom stereocenters. The third kappa shape index (κ3) is 3.64. The van der Waals surface area contributed by atoms with Crippen LogP contribution < -0.4 is 10.1 Å². The zero-order chi connectivity index (χ0) is 13.8. The minimum Gasteiger partial charge on any atom is -0.434 e. The van der Waals surface area contributed by atoms with Gasteiger partial charge >= 0.3 is 6.61 Å². The van der Waals surface area contributed by atoms with Crippen molar-refractivity contribution in [2.75, 3.05) is 5.32 Å². The molecule has 0 saturated carbocycles. The molecule has 2 rings (SSSR count). The van der Waals surface area contributed by atoms with E-state index in [1.807, 2.05) is 18.4 Å². The van der Waals surface area contributed by atoms with Gasteiger partial charge in [-0.25, -0.2) is 4.98 Å². The van der Waals surface area contributed by atoms with Gasteiger partial charge < -0.3 is 10.1 Å². The van der Waals surface area contributed by atoms with Gasteiger partial charge in [0.1, 0.15) is 5.75 Å². The van der Waals surface area contributed by atoms with Crippen LogP contribution in [0.5, 0.6) is 5.75 Å². The Hall–Kier alpha value is -1.69. The second-order valence-corrected chi connectivity index (χ2v) is 5.08. The Morgan fingerprint density at radius 1 is 1.37 bits per heavy atom. The first-order chi connectivity index (χ1) is 9.06. The number of thiazole rings is 1. The van der Waals surface area contributed by atoms with Crippen LogP contribution in [-0.2, 0) is 6.54 Å². The molecule has 3 nitrogen and oxygen atoms in total. The number of nitrogens with zero attached hydrogens (tertiary/aromatic N) is 1. The van der Waals surface area contributed by atoms with E-state index in [4.69, 9.17) is 0 Å². The fourth-order valence-electron chi connectivity index (χ4n) is 1.70. The minimum absolute atomic E-state index is 0.189. The predicted octanol–water partition coefficient (Wildman–Crippen LogP) is 3.97. The number of anilines is 1. The van der Waals surface area contributed by atoms with Crippen LogP contribution in [0.25, 0.3) is 0 Å². The lowest BCUT2D eigenvalue weighted by Gasteiger charge is -2.13. The second kappa shape index (κ2) is 5.97. The molecule has 0 bridgehead atoms. The molecular formula is C13H14F2N2OS. The molecule has 102 valence electrons. The van der Waals surface area contributed by atoms with Gasteiger partial charge in [0.2, 0.25) is 0 Å². The molecule has 0 aliphatic heterocycles. The van der Waals surface area contributed by atoms with Crippen molar-refractivity contribution < 1.29 is 13.5 Å². The quantitative estimate of drug-likeness (QED) is 0.902. The van der Waals surface area contributed by atoms with E-state index in [0.29, 0.717) is 12.1 Å². The van der Waals surface area contributed by atoms with Gasteiger partial charge in [-0.1, -0.05) is 6.07 Å². The van der Waals surface area contributed by atoms with Crippen molar-refractivity contribution >= 4 is 17.0 Å². The summed E-state index contributed by atoms with van der Waals surface area (Å²) in [5, 5.41) is 6.15. The first-order valence-corrected chi connectivity index (χ1v) is 6.63. The highest BCUT2D eigenvalue weighted by Gasteiger charge is 2.10. The Balaban J connectivity index is 2.08. The maximum absolute atomic E-state index is 12.2. The number of nitrogens with one attached hydrogen (secondary N) is 1. The Morgan fingerprint density at radius 2 is 2.16 bits per heavy atom. The van der Waals surface area contributed by atoms with Gasteiger partial charge in [0.25, 0.3) is 0 Å². The number of halogens is 2. The lowest BCUT2D eigenvalue weighted by atomic mass is 10.2. The zero-order valence-corrected chi connectivity index (χ0v) is 11.4. The number of hydrogen-bond donors (Lipinski definition) is 1. The largest absolute Gasteiger partial charge is 0.434 e. The summed E-state index contributed by atoms with van der Waals surface area (Å²) < 4.78 is 28.9. The highest BCUT2D eigenvalue weighted by atomic mass is 32.1. The van der Waals surface area contributed by atoms with E-state index < -0.39 is 6.61 Å².